The SMILES string of the molecule is CC(=O)Oc1cccc(C(=O)N2CCCN(C(=O)c3ccco3)CC2)c1. The van der Waals surface area contributed by atoms with E-state index in [-0.39, 0.29) is 11.8 Å². The van der Waals surface area contributed by atoms with Gasteiger partial charge in [0.05, 0.1) is 6.26 Å². The van der Waals surface area contributed by atoms with Crippen LogP contribution in [0.25, 0.3) is 0 Å². The van der Waals surface area contributed by atoms with Crippen molar-refractivity contribution in [1.82, 2.24) is 9.80 Å². The molecule has 0 N–H and O–H groups in total. The molecule has 3 rings (SSSR count). The zero-order chi connectivity index (χ0) is 18.5. The maximum atomic E-state index is 12.8. The number of amides is 2. The van der Waals surface area contributed by atoms with E-state index in [1.54, 1.807) is 46.2 Å². The quantitative estimate of drug-likeness (QED) is 0.622. The number of hydrogen-bond acceptors (Lipinski definition) is 5. The minimum Gasteiger partial charge on any atom is -0.459 e. The van der Waals surface area contributed by atoms with Crippen LogP contribution in [0.3, 0.4) is 0 Å². The number of nitrogens with zero attached hydrogens (tertiary/aromatic N) is 2. The molecule has 2 aromatic rings. The first-order valence-electron chi connectivity index (χ1n) is 8.45. The van der Waals surface area contributed by atoms with Gasteiger partial charge >= 0.3 is 5.97 Å². The van der Waals surface area contributed by atoms with Crippen LogP contribution in [0.4, 0.5) is 0 Å². The van der Waals surface area contributed by atoms with Crippen molar-refractivity contribution in [2.24, 2.45) is 0 Å². The van der Waals surface area contributed by atoms with Crippen LogP contribution in [0.2, 0.25) is 0 Å². The Morgan fingerprint density at radius 2 is 1.69 bits per heavy atom. The summed E-state index contributed by atoms with van der Waals surface area (Å²) in [5.74, 6) is -0.101. The highest BCUT2D eigenvalue weighted by Gasteiger charge is 2.24. The topological polar surface area (TPSA) is 80.1 Å². The third-order valence-corrected chi connectivity index (χ3v) is 4.14. The van der Waals surface area contributed by atoms with E-state index < -0.39 is 5.97 Å². The predicted octanol–water partition coefficient (Wildman–Crippen LogP) is 2.19. The van der Waals surface area contributed by atoms with Crippen molar-refractivity contribution in [3.05, 3.63) is 54.0 Å². The molecule has 7 heteroatoms. The second kappa shape index (κ2) is 7.86. The van der Waals surface area contributed by atoms with Crippen LogP contribution in [0, 0.1) is 0 Å². The average molecular weight is 356 g/mol. The number of carbonyl (C=O) groups excluding carboxylic acids is 3. The van der Waals surface area contributed by atoms with Gasteiger partial charge in [-0.05, 0) is 36.8 Å². The molecule has 1 fully saturated rings. The van der Waals surface area contributed by atoms with E-state index in [0.29, 0.717) is 49.7 Å². The first-order chi connectivity index (χ1) is 12.5. The summed E-state index contributed by atoms with van der Waals surface area (Å²) in [6.45, 7) is 3.31. The zero-order valence-corrected chi connectivity index (χ0v) is 14.5. The summed E-state index contributed by atoms with van der Waals surface area (Å²) in [5.41, 5.74) is 0.453. The number of esters is 1. The molecule has 0 radical (unpaired) electrons. The van der Waals surface area contributed by atoms with E-state index in [1.807, 2.05) is 0 Å². The lowest BCUT2D eigenvalue weighted by atomic mass is 10.2. The highest BCUT2D eigenvalue weighted by atomic mass is 16.5. The molecule has 0 atom stereocenters. The van der Waals surface area contributed by atoms with Gasteiger partial charge in [0, 0.05) is 38.7 Å². The lowest BCUT2D eigenvalue weighted by molar-refractivity contribution is -0.131. The second-order valence-electron chi connectivity index (χ2n) is 6.04. The molecular formula is C19H20N2O5. The summed E-state index contributed by atoms with van der Waals surface area (Å²) in [6, 6.07) is 9.86. The molecule has 2 heterocycles. The zero-order valence-electron chi connectivity index (χ0n) is 14.5. The number of furan rings is 1. The Bertz CT molecular complexity index is 800. The van der Waals surface area contributed by atoms with Crippen molar-refractivity contribution in [2.75, 3.05) is 26.2 Å². The fourth-order valence-electron chi connectivity index (χ4n) is 2.92. The largest absolute Gasteiger partial charge is 0.459 e. The Labute approximate surface area is 151 Å². The van der Waals surface area contributed by atoms with Crippen molar-refractivity contribution >= 4 is 17.8 Å². The maximum Gasteiger partial charge on any atom is 0.308 e. The van der Waals surface area contributed by atoms with Crippen LogP contribution in [0.1, 0.15) is 34.3 Å². The Balaban J connectivity index is 1.66. The van der Waals surface area contributed by atoms with E-state index in [9.17, 15) is 14.4 Å². The molecular weight excluding hydrogens is 336 g/mol. The average Bonchev–Trinajstić information content (AvgIpc) is 3.05. The van der Waals surface area contributed by atoms with Crippen molar-refractivity contribution in [2.45, 2.75) is 13.3 Å². The van der Waals surface area contributed by atoms with Gasteiger partial charge in [-0.1, -0.05) is 6.07 Å². The molecule has 136 valence electrons. The first-order valence-corrected chi connectivity index (χ1v) is 8.45. The molecule has 0 aliphatic carbocycles. The van der Waals surface area contributed by atoms with Gasteiger partial charge in [-0.2, -0.15) is 0 Å². The lowest BCUT2D eigenvalue weighted by Gasteiger charge is -2.22. The highest BCUT2D eigenvalue weighted by molar-refractivity contribution is 5.95. The summed E-state index contributed by atoms with van der Waals surface area (Å²) in [5, 5.41) is 0. The van der Waals surface area contributed by atoms with Gasteiger partial charge < -0.3 is 19.0 Å². The van der Waals surface area contributed by atoms with Crippen LogP contribution in [-0.4, -0.2) is 53.8 Å². The molecule has 0 spiro atoms. The van der Waals surface area contributed by atoms with E-state index in [2.05, 4.69) is 0 Å². The van der Waals surface area contributed by atoms with Gasteiger partial charge in [0.2, 0.25) is 0 Å². The standard InChI is InChI=1S/C19H20N2O5/c1-14(22)26-16-6-2-5-15(13-16)18(23)20-8-4-9-21(11-10-20)19(24)17-7-3-12-25-17/h2-3,5-7,12-13H,4,8-11H2,1H3. The van der Waals surface area contributed by atoms with Crippen molar-refractivity contribution in [3.8, 4) is 5.75 Å². The smallest absolute Gasteiger partial charge is 0.308 e. The van der Waals surface area contributed by atoms with Crippen LogP contribution in [0.15, 0.2) is 47.1 Å². The molecule has 2 amide bonds. The van der Waals surface area contributed by atoms with Gasteiger partial charge in [-0.25, -0.2) is 0 Å². The second-order valence-corrected chi connectivity index (χ2v) is 6.04. The van der Waals surface area contributed by atoms with E-state index in [1.165, 1.54) is 13.2 Å². The highest BCUT2D eigenvalue weighted by Crippen LogP contribution is 2.17. The molecule has 1 aromatic heterocycles. The molecule has 1 saturated heterocycles. The number of carbonyl (C=O) groups is 3. The molecule has 0 saturated carbocycles. The van der Waals surface area contributed by atoms with Crippen molar-refractivity contribution in [1.29, 1.82) is 0 Å². The minimum absolute atomic E-state index is 0.147. The molecule has 0 bridgehead atoms. The van der Waals surface area contributed by atoms with Crippen LogP contribution < -0.4 is 4.74 Å². The molecule has 7 nitrogen and oxygen atoms in total. The molecule has 1 aromatic carbocycles. The first kappa shape index (κ1) is 17.7. The van der Waals surface area contributed by atoms with E-state index in [4.69, 9.17) is 9.15 Å². The summed E-state index contributed by atoms with van der Waals surface area (Å²) >= 11 is 0. The summed E-state index contributed by atoms with van der Waals surface area (Å²) in [6.07, 6.45) is 2.15. The van der Waals surface area contributed by atoms with Crippen LogP contribution in [0.5, 0.6) is 5.75 Å². The van der Waals surface area contributed by atoms with Gasteiger partial charge in [0.1, 0.15) is 5.75 Å². The van der Waals surface area contributed by atoms with Crippen molar-refractivity contribution < 1.29 is 23.5 Å². The monoisotopic (exact) mass is 356 g/mol. The molecule has 0 unspecified atom stereocenters. The number of hydrogen-bond donors (Lipinski definition) is 0. The third-order valence-electron chi connectivity index (χ3n) is 4.14. The van der Waals surface area contributed by atoms with E-state index in [0.717, 1.165) is 0 Å². The number of rotatable bonds is 3. The Morgan fingerprint density at radius 3 is 2.35 bits per heavy atom. The number of ether oxygens (including phenoxy) is 1. The fraction of sp³-hybridized carbons (Fsp3) is 0.316. The summed E-state index contributed by atoms with van der Waals surface area (Å²) in [7, 11) is 0. The summed E-state index contributed by atoms with van der Waals surface area (Å²) in [4.78, 5) is 39.6. The fourth-order valence-corrected chi connectivity index (χ4v) is 2.92. The van der Waals surface area contributed by atoms with Gasteiger partial charge in [0.15, 0.2) is 5.76 Å². The van der Waals surface area contributed by atoms with E-state index >= 15 is 0 Å². The Hall–Kier alpha value is -3.09. The van der Waals surface area contributed by atoms with Gasteiger partial charge in [-0.15, -0.1) is 0 Å². The van der Waals surface area contributed by atoms with Gasteiger partial charge in [0.25, 0.3) is 11.8 Å². The van der Waals surface area contributed by atoms with Crippen molar-refractivity contribution in [3.63, 3.8) is 0 Å². The third kappa shape index (κ3) is 4.11. The van der Waals surface area contributed by atoms with Crippen LogP contribution in [-0.2, 0) is 4.79 Å². The Morgan fingerprint density at radius 1 is 0.962 bits per heavy atom. The predicted molar refractivity (Wildman–Crippen MR) is 92.9 cm³/mol. The number of benzene rings is 1. The maximum absolute atomic E-state index is 12.8. The molecule has 1 aliphatic heterocycles. The molecule has 1 aliphatic rings. The van der Waals surface area contributed by atoms with Crippen LogP contribution >= 0.6 is 0 Å². The minimum atomic E-state index is -0.434. The molecule has 26 heavy (non-hydrogen) atoms. The summed E-state index contributed by atoms with van der Waals surface area (Å²) < 4.78 is 10.2. The van der Waals surface area contributed by atoms with Gasteiger partial charge in [-0.3, -0.25) is 14.4 Å². The lowest BCUT2D eigenvalue weighted by Crippen LogP contribution is -2.37. The Kier molecular flexibility index (Phi) is 5.36. The normalized spacial score (nSPS) is 14.7.